The molecule has 10 heavy (non-hydrogen) atoms. The van der Waals surface area contributed by atoms with E-state index in [-0.39, 0.29) is 0 Å². The third kappa shape index (κ3) is 1.89. The van der Waals surface area contributed by atoms with Crippen LogP contribution in [0.2, 0.25) is 5.02 Å². The van der Waals surface area contributed by atoms with Gasteiger partial charge in [0.2, 0.25) is 0 Å². The lowest BCUT2D eigenvalue weighted by molar-refractivity contribution is 1.24. The van der Waals surface area contributed by atoms with E-state index in [0.717, 1.165) is 17.0 Å². The number of rotatable bonds is 2. The number of hydrogen-bond acceptors (Lipinski definition) is 0. The Balaban J connectivity index is 2.81. The van der Waals surface area contributed by atoms with Crippen LogP contribution in [0, 0.1) is 5.88 Å². The quantitative estimate of drug-likeness (QED) is 0.645. The van der Waals surface area contributed by atoms with Crippen LogP contribution < -0.4 is 0 Å². The molecule has 0 saturated carbocycles. The van der Waals surface area contributed by atoms with Gasteiger partial charge in [-0.25, -0.2) is 0 Å². The third-order valence-electron chi connectivity index (χ3n) is 1.25. The van der Waals surface area contributed by atoms with Gasteiger partial charge in [0.25, 0.3) is 0 Å². The Kier molecular flexibility index (Phi) is 3.04. The maximum Gasteiger partial charge on any atom is 0.0543 e. The van der Waals surface area contributed by atoms with Crippen molar-refractivity contribution < 1.29 is 0 Å². The Morgan fingerprint density at radius 2 is 2.00 bits per heavy atom. The van der Waals surface area contributed by atoms with Crippen LogP contribution >= 0.6 is 23.2 Å². The molecule has 1 aromatic rings. The van der Waals surface area contributed by atoms with Gasteiger partial charge in [-0.1, -0.05) is 29.8 Å². The Hall–Kier alpha value is -0.200. The summed E-state index contributed by atoms with van der Waals surface area (Å²) in [6.07, 6.45) is 0.723. The first-order valence-electron chi connectivity index (χ1n) is 3.00. The zero-order valence-electron chi connectivity index (χ0n) is 5.35. The summed E-state index contributed by atoms with van der Waals surface area (Å²) in [5, 5.41) is 0.777. The Morgan fingerprint density at radius 3 is 2.60 bits per heavy atom. The van der Waals surface area contributed by atoms with Crippen LogP contribution in [0.3, 0.4) is 0 Å². The summed E-state index contributed by atoms with van der Waals surface area (Å²) < 4.78 is 0. The highest BCUT2D eigenvalue weighted by atomic mass is 35.5. The molecule has 1 rings (SSSR count). The molecule has 0 aliphatic rings. The van der Waals surface area contributed by atoms with Crippen LogP contribution in [-0.4, -0.2) is 0 Å². The van der Waals surface area contributed by atoms with Crippen molar-refractivity contribution in [1.82, 2.24) is 0 Å². The van der Waals surface area contributed by atoms with Crippen LogP contribution in [0.15, 0.2) is 24.3 Å². The molecule has 0 aliphatic heterocycles. The zero-order valence-corrected chi connectivity index (χ0v) is 6.86. The van der Waals surface area contributed by atoms with Crippen molar-refractivity contribution in [3.05, 3.63) is 40.7 Å². The topological polar surface area (TPSA) is 0 Å². The summed E-state index contributed by atoms with van der Waals surface area (Å²) in [5.41, 5.74) is 1.07. The fourth-order valence-corrected chi connectivity index (χ4v) is 1.13. The van der Waals surface area contributed by atoms with Gasteiger partial charge in [-0.3, -0.25) is 0 Å². The zero-order chi connectivity index (χ0) is 7.40. The molecule has 0 heterocycles. The number of halogens is 2. The largest absolute Gasteiger partial charge is 0.121 e. The summed E-state index contributed by atoms with van der Waals surface area (Å²) in [4.78, 5) is 0. The van der Waals surface area contributed by atoms with Crippen molar-refractivity contribution in [2.24, 2.45) is 0 Å². The van der Waals surface area contributed by atoms with E-state index in [2.05, 4.69) is 0 Å². The van der Waals surface area contributed by atoms with Gasteiger partial charge < -0.3 is 0 Å². The maximum atomic E-state index is 5.82. The predicted octanol–water partition coefficient (Wildman–Crippen LogP) is 3.28. The average molecular weight is 174 g/mol. The van der Waals surface area contributed by atoms with Gasteiger partial charge in [-0.15, -0.1) is 11.6 Å². The summed E-state index contributed by atoms with van der Waals surface area (Å²) >= 11 is 11.2. The minimum atomic E-state index is 0.723. The molecular weight excluding hydrogens is 167 g/mol. The summed E-state index contributed by atoms with van der Waals surface area (Å²) in [5.74, 6) is 1.57. The fourth-order valence-electron chi connectivity index (χ4n) is 0.747. The maximum absolute atomic E-state index is 5.82. The molecule has 0 aromatic heterocycles. The van der Waals surface area contributed by atoms with Gasteiger partial charge in [0.1, 0.15) is 0 Å². The van der Waals surface area contributed by atoms with Crippen molar-refractivity contribution in [1.29, 1.82) is 0 Å². The van der Waals surface area contributed by atoms with Crippen molar-refractivity contribution in [3.63, 3.8) is 0 Å². The molecule has 1 aromatic carbocycles. The molecule has 0 bridgehead atoms. The van der Waals surface area contributed by atoms with E-state index in [9.17, 15) is 0 Å². The smallest absolute Gasteiger partial charge is 0.0543 e. The molecule has 0 nitrogen and oxygen atoms in total. The van der Waals surface area contributed by atoms with E-state index in [1.165, 1.54) is 0 Å². The second kappa shape index (κ2) is 3.85. The van der Waals surface area contributed by atoms with E-state index in [0.29, 0.717) is 0 Å². The average Bonchev–Trinajstić information content (AvgIpc) is 1.94. The first-order chi connectivity index (χ1) is 4.84. The van der Waals surface area contributed by atoms with Gasteiger partial charge in [0.15, 0.2) is 0 Å². The normalized spacial score (nSPS) is 9.80. The first kappa shape index (κ1) is 7.90. The lowest BCUT2D eigenvalue weighted by Gasteiger charge is -1.98. The highest BCUT2D eigenvalue weighted by molar-refractivity contribution is 6.31. The molecule has 0 unspecified atom stereocenters. The fraction of sp³-hybridized carbons (Fsp3) is 0.125. The molecule has 0 fully saturated rings. The Labute approximate surface area is 70.8 Å². The summed E-state index contributed by atoms with van der Waals surface area (Å²) in [6, 6.07) is 7.67. The Bertz CT molecular complexity index is 208. The highest BCUT2D eigenvalue weighted by Crippen LogP contribution is 2.16. The van der Waals surface area contributed by atoms with Gasteiger partial charge in [0, 0.05) is 5.02 Å². The second-order valence-corrected chi connectivity index (χ2v) is 2.67. The summed E-state index contributed by atoms with van der Waals surface area (Å²) in [7, 11) is 0. The first-order valence-corrected chi connectivity index (χ1v) is 3.81. The molecule has 0 spiro atoms. The van der Waals surface area contributed by atoms with E-state index in [4.69, 9.17) is 23.2 Å². The number of hydrogen-bond donors (Lipinski definition) is 0. The van der Waals surface area contributed by atoms with Crippen LogP contribution in [0.4, 0.5) is 0 Å². The Morgan fingerprint density at radius 1 is 1.30 bits per heavy atom. The molecule has 1 radical (unpaired) electrons. The minimum absolute atomic E-state index is 0.723. The molecular formula is C8H7Cl2. The monoisotopic (exact) mass is 173 g/mol. The highest BCUT2D eigenvalue weighted by Gasteiger charge is 1.95. The molecule has 0 amide bonds. The predicted molar refractivity (Wildman–Crippen MR) is 45.3 cm³/mol. The molecule has 0 atom stereocenters. The van der Waals surface area contributed by atoms with Crippen molar-refractivity contribution in [2.45, 2.75) is 6.42 Å². The van der Waals surface area contributed by atoms with Gasteiger partial charge in [-0.2, -0.15) is 0 Å². The lowest BCUT2D eigenvalue weighted by atomic mass is 10.2. The van der Waals surface area contributed by atoms with Crippen LogP contribution in [0.1, 0.15) is 5.56 Å². The molecule has 0 saturated heterocycles. The minimum Gasteiger partial charge on any atom is -0.121 e. The van der Waals surface area contributed by atoms with Gasteiger partial charge >= 0.3 is 0 Å². The van der Waals surface area contributed by atoms with Gasteiger partial charge in [0.05, 0.1) is 5.88 Å². The molecule has 53 valence electrons. The number of benzene rings is 1. The van der Waals surface area contributed by atoms with Crippen molar-refractivity contribution >= 4 is 23.2 Å². The molecule has 0 aliphatic carbocycles. The van der Waals surface area contributed by atoms with E-state index < -0.39 is 0 Å². The van der Waals surface area contributed by atoms with Crippen LogP contribution in [-0.2, 0) is 6.42 Å². The van der Waals surface area contributed by atoms with E-state index in [1.54, 1.807) is 5.88 Å². The van der Waals surface area contributed by atoms with Crippen molar-refractivity contribution in [3.8, 4) is 0 Å². The summed E-state index contributed by atoms with van der Waals surface area (Å²) in [6.45, 7) is 0. The van der Waals surface area contributed by atoms with Crippen molar-refractivity contribution in [2.75, 3.05) is 0 Å². The van der Waals surface area contributed by atoms with Crippen LogP contribution in [0.5, 0.6) is 0 Å². The third-order valence-corrected chi connectivity index (χ3v) is 1.78. The van der Waals surface area contributed by atoms with Gasteiger partial charge in [-0.05, 0) is 18.1 Å². The lowest BCUT2D eigenvalue weighted by Crippen LogP contribution is -1.81. The second-order valence-electron chi connectivity index (χ2n) is 1.95. The van der Waals surface area contributed by atoms with E-state index in [1.807, 2.05) is 24.3 Å². The van der Waals surface area contributed by atoms with E-state index >= 15 is 0 Å². The molecule has 0 N–H and O–H groups in total. The standard InChI is InChI=1S/C8H7Cl2/c9-6-5-7-3-1-2-4-8(7)10/h1-4,6H,5H2. The molecule has 2 heteroatoms. The van der Waals surface area contributed by atoms with Crippen LogP contribution in [0.25, 0.3) is 0 Å². The SMILES string of the molecule is Cl[CH]Cc1ccccc1Cl.